The van der Waals surface area contributed by atoms with Gasteiger partial charge in [0.15, 0.2) is 0 Å². The summed E-state index contributed by atoms with van der Waals surface area (Å²) in [5.74, 6) is -0.152. The van der Waals surface area contributed by atoms with E-state index in [9.17, 15) is 9.59 Å². The van der Waals surface area contributed by atoms with E-state index in [1.165, 1.54) is 0 Å². The zero-order chi connectivity index (χ0) is 13.3. The molecule has 0 amide bonds. The monoisotopic (exact) mass is 242 g/mol. The topological polar surface area (TPSA) is 43.4 Å². The normalized spacial score (nSPS) is 14.1. The van der Waals surface area contributed by atoms with E-state index in [1.807, 2.05) is 13.8 Å². The molecule has 3 heteroatoms. The van der Waals surface area contributed by atoms with Gasteiger partial charge in [-0.05, 0) is 11.8 Å². The Morgan fingerprint density at radius 2 is 1.24 bits per heavy atom. The van der Waals surface area contributed by atoms with Gasteiger partial charge in [-0.25, -0.2) is 0 Å². The van der Waals surface area contributed by atoms with Crippen LogP contribution in [-0.2, 0) is 14.3 Å². The van der Waals surface area contributed by atoms with Crippen LogP contribution >= 0.6 is 0 Å². The van der Waals surface area contributed by atoms with Crippen LogP contribution in [-0.4, -0.2) is 11.9 Å². The molecule has 0 saturated heterocycles. The van der Waals surface area contributed by atoms with Crippen LogP contribution < -0.4 is 0 Å². The van der Waals surface area contributed by atoms with E-state index in [-0.39, 0.29) is 11.9 Å². The van der Waals surface area contributed by atoms with E-state index < -0.39 is 0 Å². The lowest BCUT2D eigenvalue weighted by molar-refractivity contribution is -0.160. The summed E-state index contributed by atoms with van der Waals surface area (Å²) in [6, 6.07) is 0. The second kappa shape index (κ2) is 9.20. The highest BCUT2D eigenvalue weighted by Crippen LogP contribution is 2.13. The van der Waals surface area contributed by atoms with Gasteiger partial charge < -0.3 is 4.74 Å². The molecule has 2 atom stereocenters. The minimum atomic E-state index is -0.375. The van der Waals surface area contributed by atoms with Gasteiger partial charge in [0.25, 0.3) is 0 Å². The standard InChI is InChI=1S/C14H26O3/c1-5-7-11(3)9-13(15)17-14(16)10-12(4)8-6-2/h11-12H,5-10H2,1-4H3. The fourth-order valence-electron chi connectivity index (χ4n) is 1.97. The van der Waals surface area contributed by atoms with E-state index in [4.69, 9.17) is 4.74 Å². The number of carbonyl (C=O) groups excluding carboxylic acids is 2. The first-order valence-electron chi connectivity index (χ1n) is 6.73. The predicted octanol–water partition coefficient (Wildman–Crippen LogP) is 3.71. The third-order valence-corrected chi connectivity index (χ3v) is 2.82. The number of hydrogen-bond acceptors (Lipinski definition) is 3. The predicted molar refractivity (Wildman–Crippen MR) is 68.5 cm³/mol. The van der Waals surface area contributed by atoms with Gasteiger partial charge in [-0.2, -0.15) is 0 Å². The van der Waals surface area contributed by atoms with Gasteiger partial charge in [-0.3, -0.25) is 9.59 Å². The molecule has 0 fully saturated rings. The Kier molecular flexibility index (Phi) is 8.73. The highest BCUT2D eigenvalue weighted by molar-refractivity contribution is 5.85. The van der Waals surface area contributed by atoms with Crippen molar-refractivity contribution in [1.29, 1.82) is 0 Å². The molecule has 0 aromatic carbocycles. The van der Waals surface area contributed by atoms with Gasteiger partial charge in [0.1, 0.15) is 0 Å². The molecule has 17 heavy (non-hydrogen) atoms. The lowest BCUT2D eigenvalue weighted by Crippen LogP contribution is -2.17. The van der Waals surface area contributed by atoms with E-state index in [1.54, 1.807) is 0 Å². The van der Waals surface area contributed by atoms with Gasteiger partial charge in [0.2, 0.25) is 0 Å². The van der Waals surface area contributed by atoms with Crippen LogP contribution in [0, 0.1) is 11.8 Å². The van der Waals surface area contributed by atoms with Gasteiger partial charge in [-0.1, -0.05) is 53.4 Å². The first kappa shape index (κ1) is 16.1. The largest absolute Gasteiger partial charge is 0.393 e. The van der Waals surface area contributed by atoms with Gasteiger partial charge >= 0.3 is 11.9 Å². The molecule has 0 spiro atoms. The Morgan fingerprint density at radius 1 is 0.882 bits per heavy atom. The lowest BCUT2D eigenvalue weighted by Gasteiger charge is -2.11. The molecule has 0 N–H and O–H groups in total. The summed E-state index contributed by atoms with van der Waals surface area (Å²) in [4.78, 5) is 22.9. The lowest BCUT2D eigenvalue weighted by atomic mass is 10.0. The molecule has 0 saturated carbocycles. The molecule has 0 bridgehead atoms. The number of esters is 2. The van der Waals surface area contributed by atoms with Crippen molar-refractivity contribution in [2.75, 3.05) is 0 Å². The summed E-state index contributed by atoms with van der Waals surface area (Å²) in [5, 5.41) is 0. The Balaban J connectivity index is 3.83. The Labute approximate surface area is 105 Å². The van der Waals surface area contributed by atoms with Crippen molar-refractivity contribution in [3.8, 4) is 0 Å². The van der Waals surface area contributed by atoms with E-state index in [2.05, 4.69) is 13.8 Å². The van der Waals surface area contributed by atoms with Gasteiger partial charge in [0.05, 0.1) is 0 Å². The third-order valence-electron chi connectivity index (χ3n) is 2.82. The molecule has 0 aliphatic carbocycles. The van der Waals surface area contributed by atoms with E-state index >= 15 is 0 Å². The molecular formula is C14H26O3. The summed E-state index contributed by atoms with van der Waals surface area (Å²) < 4.78 is 4.81. The van der Waals surface area contributed by atoms with Crippen LogP contribution in [0.3, 0.4) is 0 Å². The van der Waals surface area contributed by atoms with Crippen molar-refractivity contribution < 1.29 is 14.3 Å². The minimum absolute atomic E-state index is 0.299. The van der Waals surface area contributed by atoms with Gasteiger partial charge in [-0.15, -0.1) is 0 Å². The number of ether oxygens (including phenoxy) is 1. The molecule has 0 aromatic heterocycles. The summed E-state index contributed by atoms with van der Waals surface area (Å²) in [7, 11) is 0. The third kappa shape index (κ3) is 8.90. The van der Waals surface area contributed by atoms with E-state index in [0.29, 0.717) is 24.7 Å². The van der Waals surface area contributed by atoms with Crippen molar-refractivity contribution in [3.63, 3.8) is 0 Å². The first-order valence-corrected chi connectivity index (χ1v) is 6.73. The fourth-order valence-corrected chi connectivity index (χ4v) is 1.97. The quantitative estimate of drug-likeness (QED) is 0.481. The summed E-state index contributed by atoms with van der Waals surface area (Å²) >= 11 is 0. The fraction of sp³-hybridized carbons (Fsp3) is 0.857. The molecular weight excluding hydrogens is 216 g/mol. The molecule has 0 heterocycles. The number of hydrogen-bond donors (Lipinski definition) is 0. The van der Waals surface area contributed by atoms with Crippen LogP contribution in [0.1, 0.15) is 66.2 Å². The SMILES string of the molecule is CCCC(C)CC(=O)OC(=O)CC(C)CCC. The van der Waals surface area contributed by atoms with Crippen molar-refractivity contribution in [2.45, 2.75) is 66.2 Å². The van der Waals surface area contributed by atoms with Crippen molar-refractivity contribution in [1.82, 2.24) is 0 Å². The molecule has 0 aliphatic heterocycles. The molecule has 3 nitrogen and oxygen atoms in total. The minimum Gasteiger partial charge on any atom is -0.393 e. The van der Waals surface area contributed by atoms with Crippen molar-refractivity contribution >= 4 is 11.9 Å². The second-order valence-corrected chi connectivity index (χ2v) is 5.04. The van der Waals surface area contributed by atoms with Crippen LogP contribution in [0.25, 0.3) is 0 Å². The van der Waals surface area contributed by atoms with Crippen LogP contribution in [0.15, 0.2) is 0 Å². The van der Waals surface area contributed by atoms with E-state index in [0.717, 1.165) is 25.7 Å². The maximum Gasteiger partial charge on any atom is 0.313 e. The van der Waals surface area contributed by atoms with Crippen LogP contribution in [0.2, 0.25) is 0 Å². The summed E-state index contributed by atoms with van der Waals surface area (Å²) in [6.45, 7) is 8.18. The molecule has 0 radical (unpaired) electrons. The highest BCUT2D eigenvalue weighted by atomic mass is 16.6. The van der Waals surface area contributed by atoms with Crippen molar-refractivity contribution in [3.05, 3.63) is 0 Å². The number of carbonyl (C=O) groups is 2. The van der Waals surface area contributed by atoms with Crippen molar-refractivity contribution in [2.24, 2.45) is 11.8 Å². The molecule has 0 aliphatic rings. The zero-order valence-electron chi connectivity index (χ0n) is 11.6. The summed E-state index contributed by atoms with van der Waals surface area (Å²) in [5.41, 5.74) is 0. The van der Waals surface area contributed by atoms with Crippen LogP contribution in [0.5, 0.6) is 0 Å². The molecule has 2 unspecified atom stereocenters. The Bertz CT molecular complexity index is 212. The summed E-state index contributed by atoms with van der Waals surface area (Å²) in [6.07, 6.45) is 4.79. The average molecular weight is 242 g/mol. The molecule has 0 rings (SSSR count). The maximum atomic E-state index is 11.4. The average Bonchev–Trinajstić information content (AvgIpc) is 2.16. The van der Waals surface area contributed by atoms with Crippen LogP contribution in [0.4, 0.5) is 0 Å². The molecule has 100 valence electrons. The first-order chi connectivity index (χ1) is 7.99. The van der Waals surface area contributed by atoms with Gasteiger partial charge in [0, 0.05) is 12.8 Å². The Morgan fingerprint density at radius 3 is 1.53 bits per heavy atom. The highest BCUT2D eigenvalue weighted by Gasteiger charge is 2.16. The zero-order valence-corrected chi connectivity index (χ0v) is 11.6. The number of rotatable bonds is 8. The Hall–Kier alpha value is -0.860. The maximum absolute atomic E-state index is 11.4. The molecule has 0 aromatic rings. The smallest absolute Gasteiger partial charge is 0.313 e. The second-order valence-electron chi connectivity index (χ2n) is 5.04.